The van der Waals surface area contributed by atoms with Gasteiger partial charge in [-0.1, -0.05) is 23.4 Å². The van der Waals surface area contributed by atoms with E-state index in [2.05, 4.69) is 37.8 Å². The molecule has 10 nitrogen and oxygen atoms in total. The molecule has 1 aromatic carbocycles. The fourth-order valence-corrected chi connectivity index (χ4v) is 7.25. The van der Waals surface area contributed by atoms with Crippen LogP contribution in [-0.4, -0.2) is 74.9 Å². The van der Waals surface area contributed by atoms with Gasteiger partial charge in [-0.2, -0.15) is 5.26 Å². The van der Waals surface area contributed by atoms with E-state index in [9.17, 15) is 24.3 Å². The van der Waals surface area contributed by atoms with Gasteiger partial charge in [-0.15, -0.1) is 11.3 Å². The number of hydrogen-bond donors (Lipinski definition) is 1. The van der Waals surface area contributed by atoms with Crippen LogP contribution in [0, 0.1) is 30.1 Å². The van der Waals surface area contributed by atoms with E-state index in [1.165, 1.54) is 22.1 Å². The molecule has 1 saturated heterocycles. The molecule has 0 atom stereocenters. The maximum Gasteiger partial charge on any atom is 0.338 e. The number of aromatic nitrogens is 4. The number of nitrogens with zero attached hydrogens (tertiary/aromatic N) is 7. The van der Waals surface area contributed by atoms with Crippen molar-refractivity contribution in [1.82, 2.24) is 24.4 Å². The maximum atomic E-state index is 13.9. The average molecular weight is 670 g/mol. The number of hydrogen-bond acceptors (Lipinski definition) is 9. The van der Waals surface area contributed by atoms with Crippen LogP contribution in [-0.2, 0) is 6.54 Å². The van der Waals surface area contributed by atoms with Crippen LogP contribution in [0.15, 0.2) is 46.8 Å². The molecule has 0 saturated carbocycles. The third kappa shape index (κ3) is 6.15. The number of benzene rings is 1. The van der Waals surface area contributed by atoms with Gasteiger partial charge in [-0.05, 0) is 44.0 Å². The predicted octanol–water partition coefficient (Wildman–Crippen LogP) is 5.52. The Hall–Kier alpha value is -4.88. The Bertz CT molecular complexity index is 2190. The molecule has 1 aliphatic heterocycles. The van der Waals surface area contributed by atoms with Crippen molar-refractivity contribution in [3.05, 3.63) is 79.9 Å². The largest absolute Gasteiger partial charge is 0.478 e. The predicted molar refractivity (Wildman–Crippen MR) is 181 cm³/mol. The number of piperidine rings is 1. The summed E-state index contributed by atoms with van der Waals surface area (Å²) in [5.74, 6) is 6.03. The summed E-state index contributed by atoms with van der Waals surface area (Å²) in [5.41, 5.74) is 2.71. The number of pyridine rings is 2. The van der Waals surface area contributed by atoms with Gasteiger partial charge in [-0.25, -0.2) is 19.2 Å². The van der Waals surface area contributed by atoms with Crippen molar-refractivity contribution in [2.75, 3.05) is 38.3 Å². The van der Waals surface area contributed by atoms with Crippen molar-refractivity contribution >= 4 is 55.8 Å². The fourth-order valence-electron chi connectivity index (χ4n) is 6.05. The number of carboxylic acid groups (broad SMARTS) is 1. The van der Waals surface area contributed by atoms with Gasteiger partial charge < -0.3 is 14.9 Å². The zero-order chi connectivity index (χ0) is 33.2. The number of rotatable bonds is 7. The highest BCUT2D eigenvalue weighted by molar-refractivity contribution is 7.18. The molecule has 0 radical (unpaired) electrons. The lowest BCUT2D eigenvalue weighted by atomic mass is 10.00. The number of fused-ring (bicyclic) bond motifs is 2. The first-order valence-electron chi connectivity index (χ1n) is 14.9. The molecule has 0 aliphatic carbocycles. The standard InChI is InChI=1S/C34H29ClFN7O3S/c1-20-40-28-18-39-32(41(2)23-8-13-42(14-9-23)15-10-36)26(17-37)29(28)33(44)43(20)12-3-4-21-5-6-22(35)16-25(21)24-7-11-38-30-27(34(45)46)19-47-31(24)30/h5-7,11,16,18-19,23H,8-10,12-15H2,1-2H3,(H,45,46). The number of likely N-dealkylation sites (tertiary alicyclic amines) is 1. The summed E-state index contributed by atoms with van der Waals surface area (Å²) in [5, 5.41) is 22.1. The van der Waals surface area contributed by atoms with Crippen LogP contribution in [0.1, 0.15) is 40.2 Å². The number of anilines is 1. The van der Waals surface area contributed by atoms with E-state index in [0.29, 0.717) is 50.1 Å². The summed E-state index contributed by atoms with van der Waals surface area (Å²) >= 11 is 7.66. The smallest absolute Gasteiger partial charge is 0.338 e. The van der Waals surface area contributed by atoms with Crippen LogP contribution in [0.5, 0.6) is 0 Å². The van der Waals surface area contributed by atoms with Crippen LogP contribution in [0.25, 0.3) is 32.2 Å². The number of carbonyl (C=O) groups is 1. The number of aromatic carboxylic acids is 1. The Morgan fingerprint density at radius 2 is 2.02 bits per heavy atom. The number of carboxylic acids is 1. The van der Waals surface area contributed by atoms with Crippen molar-refractivity contribution in [2.45, 2.75) is 32.4 Å². The second-order valence-corrected chi connectivity index (χ2v) is 12.6. The molecule has 5 aromatic rings. The normalized spacial score (nSPS) is 13.8. The second-order valence-electron chi connectivity index (χ2n) is 11.2. The quantitative estimate of drug-likeness (QED) is 0.223. The number of halogens is 2. The molecule has 6 rings (SSSR count). The second kappa shape index (κ2) is 13.5. The number of aryl methyl sites for hydroxylation is 1. The molecule has 47 heavy (non-hydrogen) atoms. The number of alkyl halides is 1. The van der Waals surface area contributed by atoms with E-state index in [4.69, 9.17) is 11.6 Å². The summed E-state index contributed by atoms with van der Waals surface area (Å²) in [6, 6.07) is 9.35. The van der Waals surface area contributed by atoms with Gasteiger partial charge in [0.25, 0.3) is 5.56 Å². The first-order chi connectivity index (χ1) is 22.7. The lowest BCUT2D eigenvalue weighted by Crippen LogP contribution is -2.44. The molecule has 0 spiro atoms. The summed E-state index contributed by atoms with van der Waals surface area (Å²) in [6.07, 6.45) is 4.66. The topological polar surface area (TPSA) is 128 Å². The molecular weight excluding hydrogens is 641 g/mol. The molecule has 1 aliphatic rings. The van der Waals surface area contributed by atoms with Crippen molar-refractivity contribution in [2.24, 2.45) is 0 Å². The molecule has 0 unspecified atom stereocenters. The first kappa shape index (κ1) is 32.1. The Morgan fingerprint density at radius 3 is 2.74 bits per heavy atom. The molecule has 1 N–H and O–H groups in total. The highest BCUT2D eigenvalue weighted by Crippen LogP contribution is 2.36. The number of nitriles is 1. The lowest BCUT2D eigenvalue weighted by molar-refractivity contribution is 0.0699. The Labute approximate surface area is 278 Å². The SMILES string of the molecule is Cc1nc2cnc(N(C)C3CCN(CCF)CC3)c(C#N)c2c(=O)n1CC#Cc1ccc(Cl)cc1-c1ccnc2c(C(=O)O)csc12. The highest BCUT2D eigenvalue weighted by Gasteiger charge is 2.26. The summed E-state index contributed by atoms with van der Waals surface area (Å²) in [6.45, 7) is 3.25. The minimum absolute atomic E-state index is 0.00892. The molecule has 4 aromatic heterocycles. The van der Waals surface area contributed by atoms with Gasteiger partial charge in [0.2, 0.25) is 0 Å². The third-order valence-corrected chi connectivity index (χ3v) is 9.78. The molecule has 0 amide bonds. The lowest BCUT2D eigenvalue weighted by Gasteiger charge is -2.37. The van der Waals surface area contributed by atoms with E-state index in [1.54, 1.807) is 42.8 Å². The Kier molecular flexibility index (Phi) is 9.19. The Balaban J connectivity index is 1.35. The first-order valence-corrected chi connectivity index (χ1v) is 16.2. The van der Waals surface area contributed by atoms with Crippen molar-refractivity contribution in [3.8, 4) is 29.0 Å². The van der Waals surface area contributed by atoms with E-state index in [0.717, 1.165) is 31.5 Å². The molecule has 13 heteroatoms. The fraction of sp³-hybridized carbons (Fsp3) is 0.294. The molecule has 5 heterocycles. The summed E-state index contributed by atoms with van der Waals surface area (Å²) < 4.78 is 15.0. The summed E-state index contributed by atoms with van der Waals surface area (Å²) in [4.78, 5) is 43.1. The van der Waals surface area contributed by atoms with Gasteiger partial charge in [0, 0.05) is 66.0 Å². The zero-order valence-corrected chi connectivity index (χ0v) is 27.2. The van der Waals surface area contributed by atoms with Crippen LogP contribution in [0.4, 0.5) is 10.2 Å². The van der Waals surface area contributed by atoms with Gasteiger partial charge in [0.1, 0.15) is 29.9 Å². The van der Waals surface area contributed by atoms with Crippen LogP contribution in [0.3, 0.4) is 0 Å². The van der Waals surface area contributed by atoms with Gasteiger partial charge in [0.05, 0.1) is 39.4 Å². The molecule has 0 bridgehead atoms. The van der Waals surface area contributed by atoms with E-state index >= 15 is 0 Å². The molecule has 1 fully saturated rings. The van der Waals surface area contributed by atoms with Crippen LogP contribution >= 0.6 is 22.9 Å². The van der Waals surface area contributed by atoms with E-state index in [1.807, 2.05) is 11.9 Å². The monoisotopic (exact) mass is 669 g/mol. The van der Waals surface area contributed by atoms with Crippen LogP contribution < -0.4 is 10.5 Å². The van der Waals surface area contributed by atoms with Gasteiger partial charge >= 0.3 is 5.97 Å². The molecular formula is C34H29ClFN7O3S. The van der Waals surface area contributed by atoms with Crippen LogP contribution in [0.2, 0.25) is 5.02 Å². The Morgan fingerprint density at radius 1 is 1.23 bits per heavy atom. The van der Waals surface area contributed by atoms with Gasteiger partial charge in [0.15, 0.2) is 0 Å². The maximum absolute atomic E-state index is 13.9. The average Bonchev–Trinajstić information content (AvgIpc) is 3.51. The van der Waals surface area contributed by atoms with Crippen molar-refractivity contribution in [1.29, 1.82) is 5.26 Å². The minimum atomic E-state index is -1.05. The van der Waals surface area contributed by atoms with Crippen molar-refractivity contribution in [3.63, 3.8) is 0 Å². The minimum Gasteiger partial charge on any atom is -0.478 e. The highest BCUT2D eigenvalue weighted by atomic mass is 35.5. The van der Waals surface area contributed by atoms with E-state index in [-0.39, 0.29) is 41.3 Å². The summed E-state index contributed by atoms with van der Waals surface area (Å²) in [7, 11) is 1.87. The third-order valence-electron chi connectivity index (χ3n) is 8.54. The number of thiophene rings is 1. The molecule has 238 valence electrons. The zero-order valence-electron chi connectivity index (χ0n) is 25.6. The van der Waals surface area contributed by atoms with Crippen molar-refractivity contribution < 1.29 is 14.3 Å². The van der Waals surface area contributed by atoms with Gasteiger partial charge in [-0.3, -0.25) is 14.3 Å². The van der Waals surface area contributed by atoms with E-state index < -0.39 is 5.97 Å².